The topological polar surface area (TPSA) is 9.23 Å². The maximum Gasteiger partial charge on any atom is -1.00 e. The van der Waals surface area contributed by atoms with E-state index in [0.717, 1.165) is 12.8 Å². The summed E-state index contributed by atoms with van der Waals surface area (Å²) in [5, 5.41) is -0.0408. The predicted octanol–water partition coefficient (Wildman–Crippen LogP) is -5.21. The minimum absolute atomic E-state index is 0. The van der Waals surface area contributed by atoms with Crippen LogP contribution in [0.25, 0.3) is 0 Å². The van der Waals surface area contributed by atoms with Crippen molar-refractivity contribution in [1.29, 1.82) is 0 Å². The van der Waals surface area contributed by atoms with Crippen molar-refractivity contribution in [3.05, 3.63) is 46.6 Å². The molecule has 0 unspecified atom stereocenters. The van der Waals surface area contributed by atoms with Crippen molar-refractivity contribution in [2.75, 3.05) is 0 Å². The third kappa shape index (κ3) is 4.68. The van der Waals surface area contributed by atoms with Crippen LogP contribution < -0.4 is 37.2 Å². The summed E-state index contributed by atoms with van der Waals surface area (Å²) in [7, 11) is -0.985. The van der Waals surface area contributed by atoms with E-state index in [1.807, 2.05) is 0 Å². The average molecular weight is 443 g/mol. The summed E-state index contributed by atoms with van der Waals surface area (Å²) in [4.78, 5) is 0. The first-order valence-corrected chi connectivity index (χ1v) is 10.5. The van der Waals surface area contributed by atoms with Gasteiger partial charge >= 0.3 is 128 Å². The SMILES string of the molecule is CC1=CCC(C([O][Zr+3])(C2=CC(C)=CC2)[SiH](C)C)=C1.[Cl-].[Cl-].[Cl-]. The van der Waals surface area contributed by atoms with Crippen LogP contribution >= 0.6 is 0 Å². The quantitative estimate of drug-likeness (QED) is 0.396. The first kappa shape index (κ1) is 24.1. The van der Waals surface area contributed by atoms with Crippen LogP contribution in [-0.2, 0) is 28.0 Å². The van der Waals surface area contributed by atoms with Gasteiger partial charge in [0.2, 0.25) is 0 Å². The third-order valence-corrected chi connectivity index (χ3v) is 7.88. The Morgan fingerprint density at radius 2 is 1.33 bits per heavy atom. The summed E-state index contributed by atoms with van der Waals surface area (Å²) in [6.07, 6.45) is 11.5. The summed E-state index contributed by atoms with van der Waals surface area (Å²) in [6.45, 7) is 9.20. The molecule has 21 heavy (non-hydrogen) atoms. The van der Waals surface area contributed by atoms with Crippen LogP contribution in [0.3, 0.4) is 0 Å². The smallest absolute Gasteiger partial charge is 1.00 e. The summed E-state index contributed by atoms with van der Waals surface area (Å²) < 4.78 is 6.21. The van der Waals surface area contributed by atoms with Gasteiger partial charge in [-0.05, 0) is 0 Å². The fraction of sp³-hybridized carbons (Fsp3) is 0.467. The molecule has 0 aromatic carbocycles. The van der Waals surface area contributed by atoms with Gasteiger partial charge in [0.25, 0.3) is 0 Å². The van der Waals surface area contributed by atoms with Crippen molar-refractivity contribution in [1.82, 2.24) is 0 Å². The second-order valence-corrected chi connectivity index (χ2v) is 9.26. The molecular weight excluding hydrogens is 422 g/mol. The van der Waals surface area contributed by atoms with Crippen LogP contribution in [0.4, 0.5) is 0 Å². The zero-order chi connectivity index (χ0) is 13.3. The first-order chi connectivity index (χ1) is 8.50. The van der Waals surface area contributed by atoms with Crippen LogP contribution in [0.1, 0.15) is 26.7 Å². The van der Waals surface area contributed by atoms with Crippen molar-refractivity contribution >= 4 is 8.80 Å². The summed E-state index contributed by atoms with van der Waals surface area (Å²) in [5.74, 6) is 0. The fourth-order valence-electron chi connectivity index (χ4n) is 3.04. The van der Waals surface area contributed by atoms with Gasteiger partial charge in [-0.2, -0.15) is 0 Å². The van der Waals surface area contributed by atoms with E-state index in [0.29, 0.717) is 0 Å². The molecule has 0 aromatic heterocycles. The van der Waals surface area contributed by atoms with Gasteiger partial charge in [0.05, 0.1) is 0 Å². The fourth-order valence-corrected chi connectivity index (χ4v) is 7.55. The molecule has 2 aliphatic carbocycles. The van der Waals surface area contributed by atoms with Gasteiger partial charge in [0.15, 0.2) is 0 Å². The minimum atomic E-state index is -0.985. The van der Waals surface area contributed by atoms with Crippen molar-refractivity contribution in [2.24, 2.45) is 0 Å². The van der Waals surface area contributed by atoms with Gasteiger partial charge in [-0.3, -0.25) is 0 Å². The van der Waals surface area contributed by atoms with E-state index in [4.69, 9.17) is 2.81 Å². The van der Waals surface area contributed by atoms with Crippen LogP contribution in [-0.4, -0.2) is 14.0 Å². The molecule has 0 atom stereocenters. The standard InChI is InChI=1S/C15H21OSi.3ClH.Zr/c1-11-5-7-13(9-11)15(16,17(3)4)14-8-6-12(2)10-14;;;;/h5-6,9-10,17H,7-8H2,1-4H3;3*1H;/q-1;;;;+4/p-3. The number of hydrogen-bond acceptors (Lipinski definition) is 1. The third-order valence-electron chi connectivity index (χ3n) is 4.02. The molecule has 0 heterocycles. The monoisotopic (exact) mass is 440 g/mol. The van der Waals surface area contributed by atoms with E-state index >= 15 is 0 Å². The Balaban J connectivity index is 0. The summed E-state index contributed by atoms with van der Waals surface area (Å²) in [6, 6.07) is 0. The Hall–Kier alpha value is 0.890. The Morgan fingerprint density at radius 3 is 1.52 bits per heavy atom. The van der Waals surface area contributed by atoms with E-state index < -0.39 is 8.80 Å². The normalized spacial score (nSPS) is 17.1. The van der Waals surface area contributed by atoms with E-state index in [1.165, 1.54) is 47.5 Å². The van der Waals surface area contributed by atoms with Crippen LogP contribution in [0, 0.1) is 0 Å². The Labute approximate surface area is 164 Å². The Morgan fingerprint density at radius 1 is 0.952 bits per heavy atom. The van der Waals surface area contributed by atoms with E-state index in [-0.39, 0.29) is 42.4 Å². The van der Waals surface area contributed by atoms with Crippen molar-refractivity contribution < 1.29 is 65.2 Å². The molecule has 2 aliphatic rings. The number of halogens is 3. The number of allylic oxidation sites excluding steroid dienone is 6. The molecule has 0 saturated carbocycles. The van der Waals surface area contributed by atoms with Crippen molar-refractivity contribution in [3.8, 4) is 0 Å². The van der Waals surface area contributed by atoms with Crippen LogP contribution in [0.2, 0.25) is 13.1 Å². The molecule has 0 saturated heterocycles. The molecule has 0 N–H and O–H groups in total. The molecule has 0 radical (unpaired) electrons. The zero-order valence-corrected chi connectivity index (χ0v) is 18.7. The van der Waals surface area contributed by atoms with Gasteiger partial charge in [-0.1, -0.05) is 0 Å². The van der Waals surface area contributed by atoms with E-state index in [9.17, 15) is 0 Å². The molecule has 1 nitrogen and oxygen atoms in total. The molecule has 116 valence electrons. The maximum absolute atomic E-state index is 6.21. The molecule has 6 heteroatoms. The molecule has 2 rings (SSSR count). The Kier molecular flexibility index (Phi) is 11.4. The molecule has 0 spiro atoms. The summed E-state index contributed by atoms with van der Waals surface area (Å²) >= 11 is 1.19. The predicted molar refractivity (Wildman–Crippen MR) is 75.6 cm³/mol. The van der Waals surface area contributed by atoms with Crippen molar-refractivity contribution in [2.45, 2.75) is 45.0 Å². The molecule has 0 aromatic rings. The minimum Gasteiger partial charge on any atom is -1.00 e. The summed E-state index contributed by atoms with van der Waals surface area (Å²) in [5.41, 5.74) is 5.76. The van der Waals surface area contributed by atoms with Crippen molar-refractivity contribution in [3.63, 3.8) is 0 Å². The second kappa shape index (κ2) is 9.90. The van der Waals surface area contributed by atoms with Gasteiger partial charge in [0, 0.05) is 0 Å². The van der Waals surface area contributed by atoms with E-state index in [1.54, 1.807) is 0 Å². The first-order valence-electron chi connectivity index (χ1n) is 6.61. The van der Waals surface area contributed by atoms with Crippen LogP contribution in [0.5, 0.6) is 0 Å². The number of hydrogen-bond donors (Lipinski definition) is 0. The average Bonchev–Trinajstić information content (AvgIpc) is 2.90. The molecule has 0 bridgehead atoms. The Bertz CT molecular complexity index is 445. The number of rotatable bonds is 4. The van der Waals surface area contributed by atoms with E-state index in [2.05, 4.69) is 51.2 Å². The largest absolute Gasteiger partial charge is 1.00 e. The van der Waals surface area contributed by atoms with Gasteiger partial charge in [-0.15, -0.1) is 0 Å². The maximum atomic E-state index is 6.21. The molecule has 0 amide bonds. The zero-order valence-electron chi connectivity index (χ0n) is 12.8. The molecule has 0 aliphatic heterocycles. The second-order valence-electron chi connectivity index (χ2n) is 5.64. The van der Waals surface area contributed by atoms with Gasteiger partial charge in [0.1, 0.15) is 0 Å². The van der Waals surface area contributed by atoms with Gasteiger partial charge < -0.3 is 37.2 Å². The molecule has 0 fully saturated rings. The van der Waals surface area contributed by atoms with Gasteiger partial charge in [-0.25, -0.2) is 0 Å². The van der Waals surface area contributed by atoms with Crippen LogP contribution in [0.15, 0.2) is 46.6 Å². The molecular formula is C15H21Cl3OSiZr.